The highest BCUT2D eigenvalue weighted by Gasteiger charge is 2.08. The molecule has 3 aromatic rings. The molecule has 0 saturated heterocycles. The lowest BCUT2D eigenvalue weighted by atomic mass is 9.99. The number of carbonyl (C=O) groups excluding carboxylic acids is 1. The number of carboxylic acid groups (broad SMARTS) is 1. The molecule has 1 unspecified atom stereocenters. The molecule has 0 aliphatic carbocycles. The van der Waals surface area contributed by atoms with Gasteiger partial charge in [-0.15, -0.1) is 0 Å². The summed E-state index contributed by atoms with van der Waals surface area (Å²) in [7, 11) is 0. The zero-order valence-corrected chi connectivity index (χ0v) is 11.5. The molecule has 0 fully saturated rings. The van der Waals surface area contributed by atoms with Crippen LogP contribution in [0.1, 0.15) is 18.4 Å². The summed E-state index contributed by atoms with van der Waals surface area (Å²) in [5.74, 6) is -1.83. The van der Waals surface area contributed by atoms with Gasteiger partial charge in [0.1, 0.15) is 0 Å². The van der Waals surface area contributed by atoms with Crippen LogP contribution < -0.4 is 10.5 Å². The van der Waals surface area contributed by atoms with Gasteiger partial charge in [-0.2, -0.15) is 0 Å². The van der Waals surface area contributed by atoms with Crippen molar-refractivity contribution in [2.45, 2.75) is 12.8 Å². The quantitative estimate of drug-likeness (QED) is 0.721. The number of carboxylic acids is 1. The van der Waals surface area contributed by atoms with Crippen molar-refractivity contribution >= 4 is 27.5 Å². The maximum absolute atomic E-state index is 12.6. The minimum Gasteiger partial charge on any atom is -0.550 e. The van der Waals surface area contributed by atoms with Gasteiger partial charge in [-0.05, 0) is 16.3 Å². The Balaban J connectivity index is 2.36. The van der Waals surface area contributed by atoms with Crippen LogP contribution in [0.3, 0.4) is 0 Å². The predicted octanol–water partition coefficient (Wildman–Crippen LogP) is 2.21. The number of aliphatic carboxylic acids is 1. The summed E-state index contributed by atoms with van der Waals surface area (Å²) in [6.07, 6.45) is 0. The van der Waals surface area contributed by atoms with E-state index in [2.05, 4.69) is 0 Å². The Kier molecular flexibility index (Phi) is 3.18. The van der Waals surface area contributed by atoms with Crippen molar-refractivity contribution in [3.8, 4) is 0 Å². The highest BCUT2D eigenvalue weighted by Crippen LogP contribution is 2.21. The summed E-state index contributed by atoms with van der Waals surface area (Å²) < 4.78 is 0. The second-order valence-corrected chi connectivity index (χ2v) is 5.14. The molecule has 3 nitrogen and oxygen atoms in total. The molecule has 0 heterocycles. The number of rotatable bonds is 2. The fraction of sp³-hybridized carbons (Fsp3) is 0.111. The molecule has 0 aliphatic heterocycles. The SMILES string of the molecule is CC(C(=O)[O-])c1ccc2c(=O)c3ccccc3ccc2c1. The van der Waals surface area contributed by atoms with E-state index < -0.39 is 11.9 Å². The van der Waals surface area contributed by atoms with Crippen molar-refractivity contribution in [3.63, 3.8) is 0 Å². The van der Waals surface area contributed by atoms with E-state index in [1.54, 1.807) is 31.2 Å². The van der Waals surface area contributed by atoms with Crippen molar-refractivity contribution in [2.75, 3.05) is 0 Å². The highest BCUT2D eigenvalue weighted by atomic mass is 16.4. The number of fused-ring (bicyclic) bond motifs is 2. The van der Waals surface area contributed by atoms with Crippen LogP contribution in [0.2, 0.25) is 0 Å². The molecule has 0 bridgehead atoms. The molecule has 0 N–H and O–H groups in total. The van der Waals surface area contributed by atoms with E-state index in [0.717, 1.165) is 10.8 Å². The molecule has 0 aromatic heterocycles. The van der Waals surface area contributed by atoms with Gasteiger partial charge in [-0.3, -0.25) is 4.79 Å². The third-order valence-corrected chi connectivity index (χ3v) is 3.82. The van der Waals surface area contributed by atoms with Crippen LogP contribution in [0.15, 0.2) is 59.4 Å². The first-order chi connectivity index (χ1) is 10.1. The Morgan fingerprint density at radius 3 is 2.38 bits per heavy atom. The zero-order valence-electron chi connectivity index (χ0n) is 11.5. The number of benzene rings is 2. The third-order valence-electron chi connectivity index (χ3n) is 3.82. The average Bonchev–Trinajstić information content (AvgIpc) is 2.64. The van der Waals surface area contributed by atoms with Crippen LogP contribution in [-0.4, -0.2) is 5.97 Å². The van der Waals surface area contributed by atoms with Gasteiger partial charge in [-0.25, -0.2) is 0 Å². The first-order valence-electron chi connectivity index (χ1n) is 6.74. The fourth-order valence-corrected chi connectivity index (χ4v) is 2.51. The lowest BCUT2D eigenvalue weighted by Crippen LogP contribution is -2.27. The van der Waals surface area contributed by atoms with Gasteiger partial charge in [0.25, 0.3) is 0 Å². The lowest BCUT2D eigenvalue weighted by molar-refractivity contribution is -0.307. The van der Waals surface area contributed by atoms with Gasteiger partial charge in [0.2, 0.25) is 0 Å². The molecular weight excluding hydrogens is 264 g/mol. The summed E-state index contributed by atoms with van der Waals surface area (Å²) in [6.45, 7) is 1.58. The Morgan fingerprint density at radius 1 is 0.952 bits per heavy atom. The summed E-state index contributed by atoms with van der Waals surface area (Å²) in [6, 6.07) is 16.3. The highest BCUT2D eigenvalue weighted by molar-refractivity contribution is 5.93. The Morgan fingerprint density at radius 2 is 1.62 bits per heavy atom. The van der Waals surface area contributed by atoms with Gasteiger partial charge in [-0.1, -0.05) is 61.5 Å². The third kappa shape index (κ3) is 2.27. The van der Waals surface area contributed by atoms with E-state index in [-0.39, 0.29) is 5.43 Å². The topological polar surface area (TPSA) is 57.2 Å². The molecule has 0 spiro atoms. The standard InChI is InChI=1S/C18H14O3/c1-11(18(20)21)13-8-9-16-14(10-13)7-6-12-4-2-3-5-15(12)17(16)19/h2-11H,1H3,(H,20,21)/p-1. The van der Waals surface area contributed by atoms with Crippen LogP contribution in [0, 0.1) is 0 Å². The van der Waals surface area contributed by atoms with Gasteiger partial charge < -0.3 is 9.90 Å². The van der Waals surface area contributed by atoms with Crippen LogP contribution in [0.25, 0.3) is 21.5 Å². The van der Waals surface area contributed by atoms with Crippen molar-refractivity contribution in [1.82, 2.24) is 0 Å². The van der Waals surface area contributed by atoms with Crippen molar-refractivity contribution in [1.29, 1.82) is 0 Å². The number of hydrogen-bond donors (Lipinski definition) is 0. The maximum atomic E-state index is 12.6. The molecule has 0 radical (unpaired) electrons. The van der Waals surface area contributed by atoms with Gasteiger partial charge in [0, 0.05) is 22.7 Å². The monoisotopic (exact) mass is 277 g/mol. The summed E-state index contributed by atoms with van der Waals surface area (Å²) in [5, 5.41) is 13.8. The van der Waals surface area contributed by atoms with Crippen LogP contribution in [0.4, 0.5) is 0 Å². The van der Waals surface area contributed by atoms with Crippen LogP contribution in [-0.2, 0) is 4.79 Å². The molecular formula is C18H13O3-. The molecule has 3 heteroatoms. The molecule has 0 saturated carbocycles. The van der Waals surface area contributed by atoms with Crippen molar-refractivity contribution < 1.29 is 9.90 Å². The minimum absolute atomic E-state index is 0.0433. The minimum atomic E-state index is -1.12. The summed E-state index contributed by atoms with van der Waals surface area (Å²) >= 11 is 0. The smallest absolute Gasteiger partial charge is 0.194 e. The first-order valence-corrected chi connectivity index (χ1v) is 6.74. The largest absolute Gasteiger partial charge is 0.550 e. The van der Waals surface area contributed by atoms with E-state index >= 15 is 0 Å². The van der Waals surface area contributed by atoms with Crippen molar-refractivity contribution in [2.24, 2.45) is 0 Å². The summed E-state index contributed by atoms with van der Waals surface area (Å²) in [5.41, 5.74) is 0.593. The maximum Gasteiger partial charge on any atom is 0.194 e. The van der Waals surface area contributed by atoms with E-state index in [9.17, 15) is 14.7 Å². The summed E-state index contributed by atoms with van der Waals surface area (Å²) in [4.78, 5) is 23.6. The van der Waals surface area contributed by atoms with E-state index in [1.807, 2.05) is 30.3 Å². The molecule has 104 valence electrons. The Bertz CT molecular complexity index is 913. The number of hydrogen-bond acceptors (Lipinski definition) is 3. The molecule has 0 aliphatic rings. The van der Waals surface area contributed by atoms with Gasteiger partial charge >= 0.3 is 0 Å². The van der Waals surface area contributed by atoms with Crippen LogP contribution in [0.5, 0.6) is 0 Å². The molecule has 1 atom stereocenters. The van der Waals surface area contributed by atoms with E-state index in [1.165, 1.54) is 0 Å². The van der Waals surface area contributed by atoms with Gasteiger partial charge in [0.05, 0.1) is 0 Å². The number of carbonyl (C=O) groups is 1. The molecule has 3 aromatic carbocycles. The van der Waals surface area contributed by atoms with Crippen LogP contribution >= 0.6 is 0 Å². The zero-order chi connectivity index (χ0) is 15.0. The first kappa shape index (κ1) is 13.3. The Hall–Kier alpha value is -2.68. The normalized spacial score (nSPS) is 12.4. The van der Waals surface area contributed by atoms with E-state index in [4.69, 9.17) is 0 Å². The second kappa shape index (κ2) is 5.02. The second-order valence-electron chi connectivity index (χ2n) is 5.14. The molecule has 0 amide bonds. The van der Waals surface area contributed by atoms with Crippen molar-refractivity contribution in [3.05, 3.63) is 70.4 Å². The molecule has 21 heavy (non-hydrogen) atoms. The predicted molar refractivity (Wildman–Crippen MR) is 81.1 cm³/mol. The molecule has 3 rings (SSSR count). The lowest BCUT2D eigenvalue weighted by Gasteiger charge is -2.12. The fourth-order valence-electron chi connectivity index (χ4n) is 2.51. The Labute approximate surface area is 121 Å². The van der Waals surface area contributed by atoms with Gasteiger partial charge in [0.15, 0.2) is 5.43 Å². The van der Waals surface area contributed by atoms with E-state index in [0.29, 0.717) is 16.3 Å². The average molecular weight is 277 g/mol.